The number of ether oxygens (including phenoxy) is 1. The summed E-state index contributed by atoms with van der Waals surface area (Å²) in [6.07, 6.45) is 2.88. The number of halogens is 2. The summed E-state index contributed by atoms with van der Waals surface area (Å²) in [5, 5.41) is 6.95. The molecule has 3 rings (SSSR count). The highest BCUT2D eigenvalue weighted by Crippen LogP contribution is 2.27. The fraction of sp³-hybridized carbons (Fsp3) is 0.333. The first-order valence-electron chi connectivity index (χ1n) is 9.01. The van der Waals surface area contributed by atoms with Crippen molar-refractivity contribution in [1.29, 1.82) is 0 Å². The number of thiophene rings is 1. The second kappa shape index (κ2) is 10.2. The van der Waals surface area contributed by atoms with Crippen LogP contribution in [-0.4, -0.2) is 51.1 Å². The van der Waals surface area contributed by atoms with Crippen LogP contribution in [0.15, 0.2) is 47.3 Å². The van der Waals surface area contributed by atoms with Crippen LogP contribution in [0.1, 0.15) is 4.88 Å². The first-order chi connectivity index (χ1) is 14.5. The lowest BCUT2D eigenvalue weighted by atomic mass is 10.3. The zero-order valence-corrected chi connectivity index (χ0v) is 17.0. The van der Waals surface area contributed by atoms with Crippen LogP contribution >= 0.6 is 11.3 Å². The third-order valence-corrected chi connectivity index (χ3v) is 5.28. The van der Waals surface area contributed by atoms with Crippen LogP contribution < -0.4 is 16.7 Å². The lowest BCUT2D eigenvalue weighted by molar-refractivity contribution is 0.210. The summed E-state index contributed by atoms with van der Waals surface area (Å²) in [5.74, 6) is 0.516. The number of hydrogen-bond acceptors (Lipinski definition) is 8. The fourth-order valence-corrected chi connectivity index (χ4v) is 3.55. The Morgan fingerprint density at radius 2 is 2.07 bits per heavy atom. The molecule has 0 aliphatic rings. The topological polar surface area (TPSA) is 113 Å². The molecule has 0 amide bonds. The van der Waals surface area contributed by atoms with Gasteiger partial charge < -0.3 is 15.8 Å². The number of aromatic nitrogens is 5. The summed E-state index contributed by atoms with van der Waals surface area (Å²) in [6, 6.07) is 3.81. The van der Waals surface area contributed by atoms with Gasteiger partial charge in [-0.25, -0.2) is 19.4 Å². The standard InChI is InChI=1S/C18H21F2N7O2S/c1-29-5-4-22-17-23-7-13(8-24-17)15-3-2-14(30-15)10-26-11-25-27(18(26)28)9-12(6-21)16(19)20/h2-3,7-8,11H,4-6,9-10,21H2,1H3,(H,22,23,24). The van der Waals surface area contributed by atoms with Gasteiger partial charge in [-0.2, -0.15) is 13.9 Å². The molecule has 0 radical (unpaired) electrons. The molecule has 0 aliphatic carbocycles. The van der Waals surface area contributed by atoms with Crippen LogP contribution in [0.2, 0.25) is 0 Å². The molecule has 0 atom stereocenters. The Hall–Kier alpha value is -2.96. The van der Waals surface area contributed by atoms with Crippen LogP contribution in [0.4, 0.5) is 14.7 Å². The first-order valence-corrected chi connectivity index (χ1v) is 9.82. The predicted octanol–water partition coefficient (Wildman–Crippen LogP) is 1.78. The van der Waals surface area contributed by atoms with E-state index in [0.717, 1.165) is 20.0 Å². The van der Waals surface area contributed by atoms with Crippen molar-refractivity contribution < 1.29 is 13.5 Å². The van der Waals surface area contributed by atoms with Gasteiger partial charge >= 0.3 is 5.69 Å². The summed E-state index contributed by atoms with van der Waals surface area (Å²) >= 11 is 1.48. The summed E-state index contributed by atoms with van der Waals surface area (Å²) in [4.78, 5) is 22.8. The van der Waals surface area contributed by atoms with Gasteiger partial charge in [-0.3, -0.25) is 4.57 Å². The fourth-order valence-electron chi connectivity index (χ4n) is 2.57. The lowest BCUT2D eigenvalue weighted by Gasteiger charge is -2.04. The Morgan fingerprint density at radius 1 is 1.30 bits per heavy atom. The number of anilines is 1. The van der Waals surface area contributed by atoms with E-state index < -0.39 is 11.8 Å². The molecule has 9 nitrogen and oxygen atoms in total. The molecule has 0 bridgehead atoms. The summed E-state index contributed by atoms with van der Waals surface area (Å²) in [5.41, 5.74) is 5.35. The molecule has 3 heterocycles. The molecule has 12 heteroatoms. The molecule has 3 N–H and O–H groups in total. The maximum Gasteiger partial charge on any atom is 0.346 e. The van der Waals surface area contributed by atoms with E-state index in [2.05, 4.69) is 20.4 Å². The van der Waals surface area contributed by atoms with Crippen molar-refractivity contribution in [2.45, 2.75) is 13.1 Å². The summed E-state index contributed by atoms with van der Waals surface area (Å²) in [6.45, 7) is 0.784. The Morgan fingerprint density at radius 3 is 2.73 bits per heavy atom. The Bertz CT molecular complexity index is 1060. The minimum atomic E-state index is -1.89. The van der Waals surface area contributed by atoms with E-state index in [1.807, 2.05) is 12.1 Å². The highest BCUT2D eigenvalue weighted by atomic mass is 32.1. The Balaban J connectivity index is 1.67. The minimum Gasteiger partial charge on any atom is -0.383 e. The van der Waals surface area contributed by atoms with E-state index in [0.29, 0.717) is 19.1 Å². The molecule has 3 aromatic rings. The molecule has 0 saturated carbocycles. The SMILES string of the molecule is COCCNc1ncc(-c2ccc(Cn3cnn(CC(CN)=C(F)F)c3=O)s2)cn1. The van der Waals surface area contributed by atoms with E-state index in [1.165, 1.54) is 22.2 Å². The molecular weight excluding hydrogens is 416 g/mol. The van der Waals surface area contributed by atoms with Crippen molar-refractivity contribution in [1.82, 2.24) is 24.3 Å². The average molecular weight is 437 g/mol. The van der Waals surface area contributed by atoms with Crippen LogP contribution in [0.3, 0.4) is 0 Å². The molecule has 0 aromatic carbocycles. The smallest absolute Gasteiger partial charge is 0.346 e. The van der Waals surface area contributed by atoms with Gasteiger partial charge in [-0.1, -0.05) is 0 Å². The highest BCUT2D eigenvalue weighted by Gasteiger charge is 2.12. The molecule has 0 saturated heterocycles. The number of nitrogens with one attached hydrogen (secondary N) is 1. The van der Waals surface area contributed by atoms with E-state index in [1.54, 1.807) is 19.5 Å². The molecule has 3 aromatic heterocycles. The van der Waals surface area contributed by atoms with Crippen molar-refractivity contribution in [3.05, 3.63) is 57.9 Å². The Kier molecular flexibility index (Phi) is 7.38. The first kappa shape index (κ1) is 21.7. The predicted molar refractivity (Wildman–Crippen MR) is 110 cm³/mol. The zero-order chi connectivity index (χ0) is 21.5. The van der Waals surface area contributed by atoms with Crippen molar-refractivity contribution in [2.24, 2.45) is 5.73 Å². The number of hydrogen-bond donors (Lipinski definition) is 2. The van der Waals surface area contributed by atoms with E-state index in [9.17, 15) is 13.6 Å². The van der Waals surface area contributed by atoms with Gasteiger partial charge in [0.2, 0.25) is 5.95 Å². The van der Waals surface area contributed by atoms with E-state index in [4.69, 9.17) is 10.5 Å². The maximum absolute atomic E-state index is 12.8. The maximum atomic E-state index is 12.8. The van der Waals surface area contributed by atoms with Crippen molar-refractivity contribution in [3.63, 3.8) is 0 Å². The largest absolute Gasteiger partial charge is 0.383 e. The van der Waals surface area contributed by atoms with Crippen LogP contribution in [0.25, 0.3) is 10.4 Å². The zero-order valence-electron chi connectivity index (χ0n) is 16.2. The van der Waals surface area contributed by atoms with Crippen LogP contribution in [0, 0.1) is 0 Å². The number of methoxy groups -OCH3 is 1. The van der Waals surface area contributed by atoms with Gasteiger partial charge in [0.15, 0.2) is 0 Å². The lowest BCUT2D eigenvalue weighted by Crippen LogP contribution is -2.27. The van der Waals surface area contributed by atoms with Gasteiger partial charge in [-0.15, -0.1) is 11.3 Å². The Labute approximate surface area is 174 Å². The summed E-state index contributed by atoms with van der Waals surface area (Å²) < 4.78 is 32.8. The third-order valence-electron chi connectivity index (χ3n) is 4.16. The molecule has 0 aliphatic heterocycles. The normalized spacial score (nSPS) is 10.9. The molecule has 30 heavy (non-hydrogen) atoms. The number of nitrogens with two attached hydrogens (primary N) is 1. The second-order valence-electron chi connectivity index (χ2n) is 6.25. The highest BCUT2D eigenvalue weighted by molar-refractivity contribution is 7.15. The van der Waals surface area contributed by atoms with E-state index in [-0.39, 0.29) is 25.2 Å². The number of nitrogens with zero attached hydrogens (tertiary/aromatic N) is 5. The number of rotatable bonds is 10. The van der Waals surface area contributed by atoms with Gasteiger partial charge in [0.25, 0.3) is 6.08 Å². The minimum absolute atomic E-state index is 0.279. The van der Waals surface area contributed by atoms with Gasteiger partial charge in [0, 0.05) is 53.5 Å². The van der Waals surface area contributed by atoms with Crippen LogP contribution in [0.5, 0.6) is 0 Å². The second-order valence-corrected chi connectivity index (χ2v) is 7.42. The van der Waals surface area contributed by atoms with Gasteiger partial charge in [-0.05, 0) is 12.1 Å². The quantitative estimate of drug-likeness (QED) is 0.465. The third kappa shape index (κ3) is 5.34. The molecule has 160 valence electrons. The molecule has 0 fully saturated rings. The van der Waals surface area contributed by atoms with Crippen LogP contribution in [-0.2, 0) is 17.8 Å². The van der Waals surface area contributed by atoms with E-state index >= 15 is 0 Å². The summed E-state index contributed by atoms with van der Waals surface area (Å²) in [7, 11) is 1.62. The van der Waals surface area contributed by atoms with Crippen molar-refractivity contribution in [2.75, 3.05) is 32.1 Å². The van der Waals surface area contributed by atoms with Crippen molar-refractivity contribution in [3.8, 4) is 10.4 Å². The van der Waals surface area contributed by atoms with Crippen molar-refractivity contribution >= 4 is 17.3 Å². The molecule has 0 spiro atoms. The van der Waals surface area contributed by atoms with Gasteiger partial charge in [0.05, 0.1) is 19.7 Å². The molecular formula is C18H21F2N7O2S. The average Bonchev–Trinajstić information content (AvgIpc) is 3.34. The monoisotopic (exact) mass is 437 g/mol. The van der Waals surface area contributed by atoms with Gasteiger partial charge in [0.1, 0.15) is 6.33 Å². The molecule has 0 unspecified atom stereocenters.